The molecular formula is C14H15BrFN3O2. The van der Waals surface area contributed by atoms with E-state index in [1.54, 1.807) is 19.2 Å². The Bertz CT molecular complexity index is 601. The lowest BCUT2D eigenvalue weighted by Gasteiger charge is -2.10. The number of nitrogens with one attached hydrogen (secondary N) is 1. The van der Waals surface area contributed by atoms with Crippen LogP contribution in [-0.4, -0.2) is 23.6 Å². The maximum Gasteiger partial charge on any atom is 0.224 e. The summed E-state index contributed by atoms with van der Waals surface area (Å²) in [6.45, 7) is 2.94. The van der Waals surface area contributed by atoms with Crippen LogP contribution >= 0.6 is 15.9 Å². The van der Waals surface area contributed by atoms with Gasteiger partial charge in [-0.25, -0.2) is 9.37 Å². The second-order valence-corrected chi connectivity index (χ2v) is 5.00. The third kappa shape index (κ3) is 4.37. The molecule has 0 aliphatic heterocycles. The summed E-state index contributed by atoms with van der Waals surface area (Å²) in [5.74, 6) is 1.39. The number of halogens is 2. The zero-order valence-electron chi connectivity index (χ0n) is 11.7. The number of rotatable bonds is 6. The number of benzene rings is 1. The number of hydrogen-bond acceptors (Lipinski definition) is 5. The smallest absolute Gasteiger partial charge is 0.224 e. The highest BCUT2D eigenvalue weighted by Crippen LogP contribution is 2.30. The van der Waals surface area contributed by atoms with E-state index in [0.29, 0.717) is 34.3 Å². The second-order valence-electron chi connectivity index (χ2n) is 4.15. The lowest BCUT2D eigenvalue weighted by Crippen LogP contribution is -2.05. The Morgan fingerprint density at radius 1 is 1.29 bits per heavy atom. The van der Waals surface area contributed by atoms with Crippen molar-refractivity contribution in [1.29, 1.82) is 0 Å². The molecule has 0 aliphatic carbocycles. The van der Waals surface area contributed by atoms with Crippen LogP contribution in [0.25, 0.3) is 0 Å². The van der Waals surface area contributed by atoms with Gasteiger partial charge in [-0.05, 0) is 35.0 Å². The number of nitrogens with zero attached hydrogens (tertiary/aromatic N) is 2. The van der Waals surface area contributed by atoms with Gasteiger partial charge in [-0.15, -0.1) is 0 Å². The van der Waals surface area contributed by atoms with Gasteiger partial charge in [0.2, 0.25) is 5.88 Å². The first-order valence-corrected chi connectivity index (χ1v) is 7.15. The Kier molecular flexibility index (Phi) is 5.46. The van der Waals surface area contributed by atoms with E-state index in [4.69, 9.17) is 9.47 Å². The van der Waals surface area contributed by atoms with Crippen LogP contribution in [0.2, 0.25) is 0 Å². The summed E-state index contributed by atoms with van der Waals surface area (Å²) >= 11 is 3.31. The molecule has 2 rings (SSSR count). The fraction of sp³-hybridized carbons (Fsp3) is 0.286. The molecule has 1 heterocycles. The van der Waals surface area contributed by atoms with Crippen LogP contribution in [0.5, 0.6) is 11.6 Å². The largest absolute Gasteiger partial charge is 0.438 e. The monoisotopic (exact) mass is 355 g/mol. The van der Waals surface area contributed by atoms with Gasteiger partial charge < -0.3 is 14.8 Å². The van der Waals surface area contributed by atoms with E-state index in [1.165, 1.54) is 12.1 Å². The molecule has 0 fully saturated rings. The fourth-order valence-electron chi connectivity index (χ4n) is 1.66. The first-order chi connectivity index (χ1) is 10.1. The molecule has 0 atom stereocenters. The number of hydrogen-bond donors (Lipinski definition) is 1. The highest BCUT2D eigenvalue weighted by molar-refractivity contribution is 9.10. The van der Waals surface area contributed by atoms with Crippen LogP contribution in [0.1, 0.15) is 12.7 Å². The van der Waals surface area contributed by atoms with E-state index >= 15 is 0 Å². The van der Waals surface area contributed by atoms with Crippen molar-refractivity contribution in [2.45, 2.75) is 13.5 Å². The predicted octanol–water partition coefficient (Wildman–Crippen LogP) is 3.75. The quantitative estimate of drug-likeness (QED) is 0.854. The summed E-state index contributed by atoms with van der Waals surface area (Å²) < 4.78 is 24.6. The van der Waals surface area contributed by atoms with Crippen molar-refractivity contribution < 1.29 is 13.9 Å². The van der Waals surface area contributed by atoms with Crippen molar-refractivity contribution in [3.8, 4) is 11.6 Å². The second kappa shape index (κ2) is 7.33. The number of methoxy groups -OCH3 is 1. The highest BCUT2D eigenvalue weighted by Gasteiger charge is 2.09. The maximum atomic E-state index is 13.3. The summed E-state index contributed by atoms with van der Waals surface area (Å²) in [6, 6.07) is 5.86. The lowest BCUT2D eigenvalue weighted by atomic mass is 10.3. The molecule has 0 bridgehead atoms. The molecule has 1 aromatic carbocycles. The van der Waals surface area contributed by atoms with Crippen LogP contribution in [0.15, 0.2) is 28.7 Å². The standard InChI is InChI=1S/C14H15BrFN3O2/c1-3-17-12-7-14(19-13(18-12)8-20-2)21-11-6-9(16)4-5-10(11)15/h4-7H,3,8H2,1-2H3,(H,17,18,19). The number of ether oxygens (including phenoxy) is 2. The fourth-order valence-corrected chi connectivity index (χ4v) is 1.99. The van der Waals surface area contributed by atoms with E-state index in [9.17, 15) is 4.39 Å². The molecule has 0 saturated heterocycles. The third-order valence-electron chi connectivity index (χ3n) is 2.49. The van der Waals surface area contributed by atoms with Gasteiger partial charge in [0, 0.05) is 25.8 Å². The van der Waals surface area contributed by atoms with Crippen molar-refractivity contribution in [3.63, 3.8) is 0 Å². The molecule has 1 N–H and O–H groups in total. The summed E-state index contributed by atoms with van der Waals surface area (Å²) in [6.07, 6.45) is 0. The topological polar surface area (TPSA) is 56.3 Å². The third-order valence-corrected chi connectivity index (χ3v) is 3.14. The minimum absolute atomic E-state index is 0.264. The molecule has 0 amide bonds. The number of aromatic nitrogens is 2. The van der Waals surface area contributed by atoms with E-state index in [0.717, 1.165) is 0 Å². The Morgan fingerprint density at radius 3 is 2.81 bits per heavy atom. The van der Waals surface area contributed by atoms with Crippen molar-refractivity contribution >= 4 is 21.7 Å². The van der Waals surface area contributed by atoms with Crippen molar-refractivity contribution in [2.24, 2.45) is 0 Å². The Balaban J connectivity index is 2.31. The molecule has 5 nitrogen and oxygen atoms in total. The molecule has 2 aromatic rings. The maximum absolute atomic E-state index is 13.3. The number of anilines is 1. The minimum atomic E-state index is -0.383. The van der Waals surface area contributed by atoms with Gasteiger partial charge in [0.15, 0.2) is 5.82 Å². The Morgan fingerprint density at radius 2 is 2.10 bits per heavy atom. The molecular weight excluding hydrogens is 341 g/mol. The summed E-state index contributed by atoms with van der Waals surface area (Å²) in [7, 11) is 1.56. The molecule has 112 valence electrons. The summed E-state index contributed by atoms with van der Waals surface area (Å²) in [5, 5.41) is 3.09. The molecule has 0 spiro atoms. The predicted molar refractivity (Wildman–Crippen MR) is 81.1 cm³/mol. The van der Waals surface area contributed by atoms with Crippen molar-refractivity contribution in [3.05, 3.63) is 40.4 Å². The molecule has 0 radical (unpaired) electrons. The van der Waals surface area contributed by atoms with E-state index in [1.807, 2.05) is 6.92 Å². The van der Waals surface area contributed by atoms with Crippen LogP contribution in [-0.2, 0) is 11.3 Å². The van der Waals surface area contributed by atoms with E-state index in [-0.39, 0.29) is 12.4 Å². The van der Waals surface area contributed by atoms with Gasteiger partial charge in [0.25, 0.3) is 0 Å². The highest BCUT2D eigenvalue weighted by atomic mass is 79.9. The molecule has 0 unspecified atom stereocenters. The van der Waals surface area contributed by atoms with E-state index < -0.39 is 0 Å². The van der Waals surface area contributed by atoms with Crippen LogP contribution in [0.3, 0.4) is 0 Å². The van der Waals surface area contributed by atoms with Crippen LogP contribution in [0.4, 0.5) is 10.2 Å². The lowest BCUT2D eigenvalue weighted by molar-refractivity contribution is 0.177. The van der Waals surface area contributed by atoms with Gasteiger partial charge in [-0.1, -0.05) is 0 Å². The average molecular weight is 356 g/mol. The molecule has 21 heavy (non-hydrogen) atoms. The van der Waals surface area contributed by atoms with E-state index in [2.05, 4.69) is 31.2 Å². The molecule has 0 saturated carbocycles. The SMILES string of the molecule is CCNc1cc(Oc2cc(F)ccc2Br)nc(COC)n1. The average Bonchev–Trinajstić information content (AvgIpc) is 2.43. The minimum Gasteiger partial charge on any atom is -0.438 e. The van der Waals surface area contributed by atoms with Crippen LogP contribution < -0.4 is 10.1 Å². The van der Waals surface area contributed by atoms with Gasteiger partial charge in [-0.2, -0.15) is 4.98 Å². The molecule has 7 heteroatoms. The first-order valence-electron chi connectivity index (χ1n) is 6.36. The summed E-state index contributed by atoms with van der Waals surface area (Å²) in [4.78, 5) is 8.51. The Hall–Kier alpha value is -1.73. The van der Waals surface area contributed by atoms with Crippen molar-refractivity contribution in [1.82, 2.24) is 9.97 Å². The Labute approximate surface area is 130 Å². The summed E-state index contributed by atoms with van der Waals surface area (Å²) in [5.41, 5.74) is 0. The van der Waals surface area contributed by atoms with Gasteiger partial charge in [-0.3, -0.25) is 0 Å². The molecule has 0 aliphatic rings. The first kappa shape index (κ1) is 15.7. The van der Waals surface area contributed by atoms with Gasteiger partial charge in [0.05, 0.1) is 4.47 Å². The zero-order valence-corrected chi connectivity index (χ0v) is 13.3. The molecule has 1 aromatic heterocycles. The van der Waals surface area contributed by atoms with Crippen LogP contribution in [0, 0.1) is 5.82 Å². The van der Waals surface area contributed by atoms with Crippen molar-refractivity contribution in [2.75, 3.05) is 19.0 Å². The van der Waals surface area contributed by atoms with Gasteiger partial charge >= 0.3 is 0 Å². The normalized spacial score (nSPS) is 10.5. The zero-order chi connectivity index (χ0) is 15.2. The van der Waals surface area contributed by atoms with Gasteiger partial charge in [0.1, 0.15) is 24.0 Å².